The lowest BCUT2D eigenvalue weighted by molar-refractivity contribution is 0.274. The summed E-state index contributed by atoms with van der Waals surface area (Å²) in [6.45, 7) is 4.05. The van der Waals surface area contributed by atoms with Crippen molar-refractivity contribution in [3.63, 3.8) is 0 Å². The topological polar surface area (TPSA) is 179 Å². The van der Waals surface area contributed by atoms with Crippen LogP contribution in [0.15, 0.2) is 34.1 Å². The van der Waals surface area contributed by atoms with Gasteiger partial charge in [-0.25, -0.2) is 0 Å². The number of hydrogen-bond donors (Lipinski definition) is 4. The van der Waals surface area contributed by atoms with Crippen LogP contribution in [-0.4, -0.2) is 51.2 Å². The molecular formula is C23H32N2O8S2. The highest BCUT2D eigenvalue weighted by molar-refractivity contribution is 7.86. The van der Waals surface area contributed by atoms with Gasteiger partial charge in [-0.3, -0.25) is 9.11 Å². The van der Waals surface area contributed by atoms with Crippen LogP contribution >= 0.6 is 0 Å². The van der Waals surface area contributed by atoms with Gasteiger partial charge in [0.05, 0.1) is 0 Å². The zero-order valence-electron chi connectivity index (χ0n) is 19.7. The lowest BCUT2D eigenvalue weighted by Gasteiger charge is -2.16. The van der Waals surface area contributed by atoms with Crippen molar-refractivity contribution in [3.05, 3.63) is 35.4 Å². The molecule has 35 heavy (non-hydrogen) atoms. The molecule has 3 rings (SSSR count). The van der Waals surface area contributed by atoms with Gasteiger partial charge in [-0.15, -0.1) is 0 Å². The monoisotopic (exact) mass is 528 g/mol. The zero-order valence-corrected chi connectivity index (χ0v) is 21.4. The number of hydrogen-bond acceptors (Lipinski definition) is 8. The first kappa shape index (κ1) is 27.4. The Morgan fingerprint density at radius 2 is 1.14 bits per heavy atom. The molecule has 2 atom stereocenters. The fourth-order valence-electron chi connectivity index (χ4n) is 4.13. The third-order valence-corrected chi connectivity index (χ3v) is 7.54. The van der Waals surface area contributed by atoms with E-state index in [0.29, 0.717) is 41.5 Å². The summed E-state index contributed by atoms with van der Waals surface area (Å²) in [6, 6.07) is 4.86. The molecule has 0 heterocycles. The predicted octanol–water partition coefficient (Wildman–Crippen LogP) is 2.76. The predicted molar refractivity (Wildman–Crippen MR) is 131 cm³/mol. The van der Waals surface area contributed by atoms with Crippen LogP contribution in [0.1, 0.15) is 50.7 Å². The van der Waals surface area contributed by atoms with E-state index in [1.807, 2.05) is 13.8 Å². The number of ether oxygens (including phenoxy) is 2. The Balaban J connectivity index is 2.05. The van der Waals surface area contributed by atoms with E-state index < -0.39 is 30.0 Å². The first-order valence-corrected chi connectivity index (χ1v) is 14.3. The maximum atomic E-state index is 12.1. The Bertz CT molecular complexity index is 1190. The van der Waals surface area contributed by atoms with Crippen LogP contribution in [0.4, 0.5) is 0 Å². The quantitative estimate of drug-likeness (QED) is 0.255. The van der Waals surface area contributed by atoms with Gasteiger partial charge in [-0.2, -0.15) is 16.8 Å². The van der Waals surface area contributed by atoms with Gasteiger partial charge in [-0.05, 0) is 65.8 Å². The summed E-state index contributed by atoms with van der Waals surface area (Å²) in [6.07, 6.45) is 3.36. The Morgan fingerprint density at radius 1 is 0.771 bits per heavy atom. The molecule has 0 saturated heterocycles. The summed E-state index contributed by atoms with van der Waals surface area (Å²) >= 11 is 0. The van der Waals surface area contributed by atoms with E-state index in [4.69, 9.17) is 20.9 Å². The van der Waals surface area contributed by atoms with Crippen molar-refractivity contribution < 1.29 is 35.4 Å². The second-order valence-electron chi connectivity index (χ2n) is 8.76. The molecule has 0 saturated carbocycles. The van der Waals surface area contributed by atoms with Crippen molar-refractivity contribution in [2.45, 2.75) is 67.8 Å². The number of rotatable bonds is 12. The van der Waals surface area contributed by atoms with Crippen LogP contribution in [0.2, 0.25) is 0 Å². The highest BCUT2D eigenvalue weighted by atomic mass is 32.2. The Kier molecular flexibility index (Phi) is 8.45. The molecule has 2 aromatic carbocycles. The molecule has 0 fully saturated rings. The SMILES string of the molecule is CCCC(N)COc1cc2c(cc1S(=O)(=O)O)-c1cc(S(=O)(=O)O)c(OCC(N)CCC)cc1C2. The average molecular weight is 529 g/mol. The number of benzene rings is 2. The van der Waals surface area contributed by atoms with E-state index in [2.05, 4.69) is 0 Å². The zero-order chi connectivity index (χ0) is 26.0. The molecule has 194 valence electrons. The lowest BCUT2D eigenvalue weighted by atomic mass is 10.1. The molecule has 1 aliphatic carbocycles. The maximum Gasteiger partial charge on any atom is 0.298 e. The molecule has 12 heteroatoms. The van der Waals surface area contributed by atoms with Gasteiger partial charge < -0.3 is 20.9 Å². The second-order valence-corrected chi connectivity index (χ2v) is 11.5. The van der Waals surface area contributed by atoms with Crippen molar-refractivity contribution in [1.29, 1.82) is 0 Å². The minimum atomic E-state index is -4.66. The van der Waals surface area contributed by atoms with Crippen LogP contribution < -0.4 is 20.9 Å². The van der Waals surface area contributed by atoms with Crippen molar-refractivity contribution in [2.75, 3.05) is 13.2 Å². The van der Waals surface area contributed by atoms with Crippen LogP contribution in [0.5, 0.6) is 11.5 Å². The van der Waals surface area contributed by atoms with E-state index >= 15 is 0 Å². The highest BCUT2D eigenvalue weighted by Gasteiger charge is 2.29. The lowest BCUT2D eigenvalue weighted by Crippen LogP contribution is -2.27. The number of fused-ring (bicyclic) bond motifs is 3. The largest absolute Gasteiger partial charge is 0.491 e. The molecule has 10 nitrogen and oxygen atoms in total. The normalized spacial score (nSPS) is 14.8. The molecule has 2 aromatic rings. The molecule has 0 aromatic heterocycles. The van der Waals surface area contributed by atoms with Gasteiger partial charge in [0.2, 0.25) is 0 Å². The summed E-state index contributed by atoms with van der Waals surface area (Å²) < 4.78 is 79.3. The van der Waals surface area contributed by atoms with Crippen molar-refractivity contribution in [1.82, 2.24) is 0 Å². The summed E-state index contributed by atoms with van der Waals surface area (Å²) in [7, 11) is -9.32. The van der Waals surface area contributed by atoms with Crippen molar-refractivity contribution in [2.24, 2.45) is 11.5 Å². The van der Waals surface area contributed by atoms with Crippen molar-refractivity contribution >= 4 is 20.2 Å². The third kappa shape index (κ3) is 6.51. The van der Waals surface area contributed by atoms with Gasteiger partial charge in [-0.1, -0.05) is 26.7 Å². The molecule has 0 spiro atoms. The molecule has 1 aliphatic rings. The van der Waals surface area contributed by atoms with E-state index in [9.17, 15) is 25.9 Å². The van der Waals surface area contributed by atoms with Crippen LogP contribution in [0.25, 0.3) is 11.1 Å². The highest BCUT2D eigenvalue weighted by Crippen LogP contribution is 2.44. The molecule has 0 aliphatic heterocycles. The summed E-state index contributed by atoms with van der Waals surface area (Å²) in [4.78, 5) is -0.904. The number of nitrogens with two attached hydrogens (primary N) is 2. The first-order valence-electron chi connectivity index (χ1n) is 11.4. The molecular weight excluding hydrogens is 496 g/mol. The molecule has 2 unspecified atom stereocenters. The standard InChI is InChI=1S/C23H32N2O8S2/c1-3-5-16(24)12-32-20-8-14-7-15-9-21(33-13-17(25)6-4-2)23(35(29,30)31)11-19(15)18(14)10-22(20)34(26,27)28/h8-11,16-17H,3-7,12-13,24-25H2,1-2H3,(H,26,27,28)(H,29,30,31). The fraction of sp³-hybridized carbons (Fsp3) is 0.478. The fourth-order valence-corrected chi connectivity index (χ4v) is 5.41. The van der Waals surface area contributed by atoms with Gasteiger partial charge in [0.15, 0.2) is 0 Å². The minimum absolute atomic E-state index is 0.0392. The van der Waals surface area contributed by atoms with Gasteiger partial charge >= 0.3 is 0 Å². The Labute approximate surface area is 206 Å². The van der Waals surface area contributed by atoms with Crippen LogP contribution in [0.3, 0.4) is 0 Å². The Morgan fingerprint density at radius 3 is 1.46 bits per heavy atom. The first-order chi connectivity index (χ1) is 16.3. The Hall–Kier alpha value is -2.22. The maximum absolute atomic E-state index is 12.1. The van der Waals surface area contributed by atoms with Gasteiger partial charge in [0, 0.05) is 12.1 Å². The molecule has 6 N–H and O–H groups in total. The van der Waals surface area contributed by atoms with Crippen LogP contribution in [-0.2, 0) is 26.7 Å². The smallest absolute Gasteiger partial charge is 0.298 e. The average Bonchev–Trinajstić information content (AvgIpc) is 3.10. The second kappa shape index (κ2) is 10.8. The van der Waals surface area contributed by atoms with Gasteiger partial charge in [0.25, 0.3) is 20.2 Å². The van der Waals surface area contributed by atoms with E-state index in [1.54, 1.807) is 0 Å². The summed E-state index contributed by atoms with van der Waals surface area (Å²) in [5.41, 5.74) is 14.1. The van der Waals surface area contributed by atoms with E-state index in [-0.39, 0.29) is 36.8 Å². The van der Waals surface area contributed by atoms with Gasteiger partial charge in [0.1, 0.15) is 34.5 Å². The summed E-state index contributed by atoms with van der Waals surface area (Å²) in [5.74, 6) is -0.0785. The minimum Gasteiger partial charge on any atom is -0.491 e. The molecule has 0 bridgehead atoms. The van der Waals surface area contributed by atoms with Crippen molar-refractivity contribution in [3.8, 4) is 22.6 Å². The summed E-state index contributed by atoms with van der Waals surface area (Å²) in [5, 5.41) is 0. The van der Waals surface area contributed by atoms with Crippen LogP contribution in [0, 0.1) is 0 Å². The van der Waals surface area contributed by atoms with E-state index in [0.717, 1.165) is 12.8 Å². The third-order valence-electron chi connectivity index (χ3n) is 5.79. The molecule has 0 amide bonds. The molecule has 0 radical (unpaired) electrons. The van der Waals surface area contributed by atoms with E-state index in [1.165, 1.54) is 24.3 Å².